The van der Waals surface area contributed by atoms with Gasteiger partial charge in [-0.15, -0.1) is 0 Å². The third-order valence-corrected chi connectivity index (χ3v) is 3.11. The first-order valence-corrected chi connectivity index (χ1v) is 5.76. The standard InChI is InChI=1S/C13H20N2/c1-13(2,3)11-8-7-10-6-4-5-9-14-12(10)15-11/h5-6,9,11H,4,7-8H2,1-3H3,(H,14,15). The summed E-state index contributed by atoms with van der Waals surface area (Å²) in [6.45, 7) is 6.80. The van der Waals surface area contributed by atoms with Gasteiger partial charge >= 0.3 is 0 Å². The van der Waals surface area contributed by atoms with Gasteiger partial charge in [-0.05, 0) is 36.5 Å². The number of fused-ring (bicyclic) bond motifs is 1. The van der Waals surface area contributed by atoms with Gasteiger partial charge in [0.15, 0.2) is 0 Å². The Hall–Kier alpha value is -1.05. The Morgan fingerprint density at radius 2 is 2.20 bits per heavy atom. The summed E-state index contributed by atoms with van der Waals surface area (Å²) in [6, 6.07) is 0.448. The first-order valence-electron chi connectivity index (χ1n) is 5.76. The Morgan fingerprint density at radius 1 is 1.40 bits per heavy atom. The van der Waals surface area contributed by atoms with Crippen LogP contribution in [0.15, 0.2) is 28.9 Å². The lowest BCUT2D eigenvalue weighted by molar-refractivity contribution is 0.303. The third kappa shape index (κ3) is 2.31. The molecule has 2 aliphatic rings. The smallest absolute Gasteiger partial charge is 0.128 e. The van der Waals surface area contributed by atoms with Crippen molar-refractivity contribution >= 4 is 5.84 Å². The second-order valence-electron chi connectivity index (χ2n) is 5.41. The summed E-state index contributed by atoms with van der Waals surface area (Å²) < 4.78 is 0. The fourth-order valence-corrected chi connectivity index (χ4v) is 2.09. The van der Waals surface area contributed by atoms with Crippen molar-refractivity contribution in [1.82, 2.24) is 5.32 Å². The molecule has 0 aromatic heterocycles. The van der Waals surface area contributed by atoms with Crippen LogP contribution in [0.3, 0.4) is 0 Å². The van der Waals surface area contributed by atoms with Gasteiger partial charge < -0.3 is 5.32 Å². The number of amidine groups is 1. The van der Waals surface area contributed by atoms with Gasteiger partial charge in [0, 0.05) is 0 Å². The predicted molar refractivity (Wildman–Crippen MR) is 64.9 cm³/mol. The monoisotopic (exact) mass is 204 g/mol. The highest BCUT2D eigenvalue weighted by molar-refractivity contribution is 5.99. The maximum Gasteiger partial charge on any atom is 0.128 e. The number of nitrogens with zero attached hydrogens (tertiary/aromatic N) is 1. The number of allylic oxidation sites excluding steroid dienone is 2. The summed E-state index contributed by atoms with van der Waals surface area (Å²) >= 11 is 0. The fraction of sp³-hybridized carbons (Fsp3) is 0.615. The SMILES string of the molecule is CC(C)(C)C1CCC2=CCC=CNC2=N1. The van der Waals surface area contributed by atoms with Crippen molar-refractivity contribution in [3.63, 3.8) is 0 Å². The second kappa shape index (κ2) is 3.84. The summed E-state index contributed by atoms with van der Waals surface area (Å²) in [4.78, 5) is 4.82. The van der Waals surface area contributed by atoms with Crippen LogP contribution in [-0.4, -0.2) is 11.9 Å². The molecule has 1 N–H and O–H groups in total. The lowest BCUT2D eigenvalue weighted by Gasteiger charge is -2.32. The van der Waals surface area contributed by atoms with E-state index >= 15 is 0 Å². The van der Waals surface area contributed by atoms with Crippen LogP contribution in [0.1, 0.15) is 40.0 Å². The molecule has 1 atom stereocenters. The molecule has 0 aromatic rings. The van der Waals surface area contributed by atoms with Crippen LogP contribution in [0, 0.1) is 5.41 Å². The van der Waals surface area contributed by atoms with Crippen LogP contribution >= 0.6 is 0 Å². The molecule has 1 unspecified atom stereocenters. The van der Waals surface area contributed by atoms with E-state index in [2.05, 4.69) is 38.2 Å². The highest BCUT2D eigenvalue weighted by Crippen LogP contribution is 2.31. The van der Waals surface area contributed by atoms with Gasteiger partial charge in [0.25, 0.3) is 0 Å². The lowest BCUT2D eigenvalue weighted by atomic mass is 9.82. The van der Waals surface area contributed by atoms with Crippen LogP contribution in [-0.2, 0) is 0 Å². The van der Waals surface area contributed by atoms with Crippen LogP contribution in [0.5, 0.6) is 0 Å². The molecule has 0 fully saturated rings. The molecule has 0 spiro atoms. The summed E-state index contributed by atoms with van der Waals surface area (Å²) in [5.74, 6) is 1.09. The van der Waals surface area contributed by atoms with E-state index in [0.29, 0.717) is 6.04 Å². The molecule has 15 heavy (non-hydrogen) atoms. The van der Waals surface area contributed by atoms with Crippen LogP contribution in [0.25, 0.3) is 0 Å². The zero-order valence-corrected chi connectivity index (χ0v) is 9.88. The Labute approximate surface area is 92.2 Å². The molecule has 0 saturated heterocycles. The Kier molecular flexibility index (Phi) is 2.68. The van der Waals surface area contributed by atoms with Crippen molar-refractivity contribution in [1.29, 1.82) is 0 Å². The van der Waals surface area contributed by atoms with Gasteiger partial charge in [0.1, 0.15) is 5.84 Å². The van der Waals surface area contributed by atoms with Crippen LogP contribution in [0.2, 0.25) is 0 Å². The van der Waals surface area contributed by atoms with Crippen LogP contribution in [0.4, 0.5) is 0 Å². The van der Waals surface area contributed by atoms with E-state index in [1.165, 1.54) is 12.0 Å². The Balaban J connectivity index is 2.25. The fourth-order valence-electron chi connectivity index (χ4n) is 2.09. The first kappa shape index (κ1) is 10.5. The molecule has 0 aliphatic carbocycles. The van der Waals surface area contributed by atoms with E-state index in [0.717, 1.165) is 18.7 Å². The van der Waals surface area contributed by atoms with Crippen molar-refractivity contribution in [3.05, 3.63) is 23.9 Å². The van der Waals surface area contributed by atoms with E-state index in [9.17, 15) is 0 Å². The average Bonchev–Trinajstić information content (AvgIpc) is 2.39. The maximum absolute atomic E-state index is 4.82. The number of nitrogens with one attached hydrogen (secondary N) is 1. The normalized spacial score (nSPS) is 25.9. The summed E-state index contributed by atoms with van der Waals surface area (Å²) in [7, 11) is 0. The van der Waals surface area contributed by atoms with Crippen molar-refractivity contribution in [2.75, 3.05) is 0 Å². The predicted octanol–water partition coefficient (Wildman–Crippen LogP) is 3.03. The zero-order valence-electron chi connectivity index (χ0n) is 9.88. The number of rotatable bonds is 0. The summed E-state index contributed by atoms with van der Waals surface area (Å²) in [5.41, 5.74) is 1.66. The van der Waals surface area contributed by atoms with E-state index in [-0.39, 0.29) is 5.41 Å². The van der Waals surface area contributed by atoms with E-state index < -0.39 is 0 Å². The molecule has 0 bridgehead atoms. The molecule has 0 saturated carbocycles. The van der Waals surface area contributed by atoms with Crippen molar-refractivity contribution in [2.45, 2.75) is 46.1 Å². The van der Waals surface area contributed by atoms with Crippen molar-refractivity contribution < 1.29 is 0 Å². The molecule has 82 valence electrons. The van der Waals surface area contributed by atoms with E-state index in [1.807, 2.05) is 6.20 Å². The number of hydrogen-bond donors (Lipinski definition) is 1. The van der Waals surface area contributed by atoms with Crippen LogP contribution < -0.4 is 5.32 Å². The highest BCUT2D eigenvalue weighted by Gasteiger charge is 2.28. The van der Waals surface area contributed by atoms with Crippen molar-refractivity contribution in [2.24, 2.45) is 10.4 Å². The van der Waals surface area contributed by atoms with Crippen molar-refractivity contribution in [3.8, 4) is 0 Å². The Bertz CT molecular complexity index is 329. The Morgan fingerprint density at radius 3 is 2.93 bits per heavy atom. The second-order valence-corrected chi connectivity index (χ2v) is 5.41. The molecule has 0 radical (unpaired) electrons. The lowest BCUT2D eigenvalue weighted by Crippen LogP contribution is -2.33. The summed E-state index contributed by atoms with van der Waals surface area (Å²) in [5, 5.41) is 3.29. The minimum absolute atomic E-state index is 0.274. The third-order valence-electron chi connectivity index (χ3n) is 3.11. The molecule has 2 nitrogen and oxygen atoms in total. The average molecular weight is 204 g/mol. The molecular weight excluding hydrogens is 184 g/mol. The summed E-state index contributed by atoms with van der Waals surface area (Å²) in [6.07, 6.45) is 9.80. The zero-order chi connectivity index (χ0) is 10.9. The van der Waals surface area contributed by atoms with Gasteiger partial charge in [-0.3, -0.25) is 4.99 Å². The van der Waals surface area contributed by atoms with Gasteiger partial charge in [-0.1, -0.05) is 32.9 Å². The topological polar surface area (TPSA) is 24.4 Å². The molecule has 2 aliphatic heterocycles. The largest absolute Gasteiger partial charge is 0.347 e. The molecule has 2 heterocycles. The minimum Gasteiger partial charge on any atom is -0.347 e. The van der Waals surface area contributed by atoms with Gasteiger partial charge in [0.05, 0.1) is 6.04 Å². The quantitative estimate of drug-likeness (QED) is 0.644. The number of aliphatic imine (C=N–C) groups is 1. The van der Waals surface area contributed by atoms with E-state index in [1.54, 1.807) is 0 Å². The van der Waals surface area contributed by atoms with E-state index in [4.69, 9.17) is 4.99 Å². The first-order chi connectivity index (χ1) is 7.07. The molecule has 2 heteroatoms. The highest BCUT2D eigenvalue weighted by atomic mass is 15.0. The van der Waals surface area contributed by atoms with Gasteiger partial charge in [-0.25, -0.2) is 0 Å². The minimum atomic E-state index is 0.274. The van der Waals surface area contributed by atoms with Gasteiger partial charge in [-0.2, -0.15) is 0 Å². The van der Waals surface area contributed by atoms with Gasteiger partial charge in [0.2, 0.25) is 0 Å². The number of hydrogen-bond acceptors (Lipinski definition) is 2. The molecule has 0 aromatic carbocycles. The maximum atomic E-state index is 4.82. The molecule has 2 rings (SSSR count). The molecular formula is C13H20N2. The molecule has 0 amide bonds.